The van der Waals surface area contributed by atoms with Crippen molar-refractivity contribution in [2.45, 2.75) is 12.8 Å². The van der Waals surface area contributed by atoms with Crippen molar-refractivity contribution in [3.05, 3.63) is 71.5 Å². The van der Waals surface area contributed by atoms with Crippen molar-refractivity contribution in [3.8, 4) is 11.3 Å². The molecular weight excluding hydrogens is 348 g/mol. The van der Waals surface area contributed by atoms with E-state index in [4.69, 9.17) is 11.1 Å². The molecule has 4 rings (SSSR count). The fourth-order valence-electron chi connectivity index (χ4n) is 3.64. The van der Waals surface area contributed by atoms with E-state index >= 15 is 0 Å². The van der Waals surface area contributed by atoms with Gasteiger partial charge in [0.05, 0.1) is 5.56 Å². The lowest BCUT2D eigenvalue weighted by Gasteiger charge is -2.29. The fourth-order valence-corrected chi connectivity index (χ4v) is 3.64. The van der Waals surface area contributed by atoms with Crippen molar-refractivity contribution >= 4 is 11.7 Å². The number of benzene rings is 1. The fraction of sp³-hybridized carbons (Fsp3) is 0.273. The van der Waals surface area contributed by atoms with Gasteiger partial charge in [-0.15, -0.1) is 0 Å². The van der Waals surface area contributed by atoms with E-state index < -0.39 is 0 Å². The molecule has 0 unspecified atom stereocenters. The second-order valence-corrected chi connectivity index (χ2v) is 7.12. The van der Waals surface area contributed by atoms with Crippen LogP contribution in [0, 0.1) is 5.41 Å². The molecule has 1 aromatic carbocycles. The Morgan fingerprint density at radius 2 is 1.86 bits per heavy atom. The Morgan fingerprint density at radius 3 is 2.61 bits per heavy atom. The van der Waals surface area contributed by atoms with Gasteiger partial charge in [-0.1, -0.05) is 30.3 Å². The molecule has 0 aliphatic carbocycles. The largest absolute Gasteiger partial charge is 0.384 e. The zero-order valence-electron chi connectivity index (χ0n) is 15.9. The minimum Gasteiger partial charge on any atom is -0.384 e. The molecule has 1 aliphatic heterocycles. The molecule has 28 heavy (non-hydrogen) atoms. The van der Waals surface area contributed by atoms with Crippen LogP contribution in [-0.2, 0) is 12.8 Å². The van der Waals surface area contributed by atoms with Crippen LogP contribution < -0.4 is 16.0 Å². The Bertz CT molecular complexity index is 941. The van der Waals surface area contributed by atoms with Crippen LogP contribution in [0.2, 0.25) is 0 Å². The number of hydrogen-bond donors (Lipinski definition) is 4. The number of nitrogens with two attached hydrogens (primary N) is 1. The van der Waals surface area contributed by atoms with Gasteiger partial charge in [-0.25, -0.2) is 0 Å². The molecule has 5 N–H and O–H groups in total. The Labute approximate surface area is 165 Å². The van der Waals surface area contributed by atoms with Crippen molar-refractivity contribution < 1.29 is 0 Å². The third-order valence-corrected chi connectivity index (χ3v) is 5.16. The van der Waals surface area contributed by atoms with E-state index in [0.717, 1.165) is 67.4 Å². The van der Waals surface area contributed by atoms with Gasteiger partial charge in [0.15, 0.2) is 0 Å². The molecule has 1 fully saturated rings. The Balaban J connectivity index is 1.57. The molecule has 0 saturated carbocycles. The van der Waals surface area contributed by atoms with Crippen LogP contribution in [0.25, 0.3) is 11.3 Å². The number of rotatable bonds is 6. The van der Waals surface area contributed by atoms with Gasteiger partial charge >= 0.3 is 0 Å². The van der Waals surface area contributed by atoms with Gasteiger partial charge in [-0.3, -0.25) is 10.4 Å². The van der Waals surface area contributed by atoms with Crippen LogP contribution in [0.1, 0.15) is 16.8 Å². The molecule has 0 spiro atoms. The summed E-state index contributed by atoms with van der Waals surface area (Å²) in [6.45, 7) is 3.67. The van der Waals surface area contributed by atoms with E-state index in [1.165, 1.54) is 5.56 Å². The van der Waals surface area contributed by atoms with Crippen molar-refractivity contribution in [1.82, 2.24) is 15.3 Å². The summed E-state index contributed by atoms with van der Waals surface area (Å²) in [5.41, 5.74) is 11.0. The van der Waals surface area contributed by atoms with Crippen LogP contribution in [0.5, 0.6) is 0 Å². The number of piperazine rings is 1. The smallest absolute Gasteiger partial charge is 0.126 e. The molecule has 1 saturated heterocycles. The molecule has 6 nitrogen and oxygen atoms in total. The summed E-state index contributed by atoms with van der Waals surface area (Å²) in [5.74, 6) is 1.03. The van der Waals surface area contributed by atoms with Crippen LogP contribution in [-0.4, -0.2) is 42.0 Å². The average Bonchev–Trinajstić information content (AvgIpc) is 3.20. The lowest BCUT2D eigenvalue weighted by Crippen LogP contribution is -2.44. The zero-order valence-corrected chi connectivity index (χ0v) is 15.9. The van der Waals surface area contributed by atoms with Gasteiger partial charge in [0, 0.05) is 49.3 Å². The van der Waals surface area contributed by atoms with E-state index in [1.807, 2.05) is 24.4 Å². The molecular formula is C22H26N6. The maximum Gasteiger partial charge on any atom is 0.126 e. The summed E-state index contributed by atoms with van der Waals surface area (Å²) in [7, 11) is 0. The Kier molecular flexibility index (Phi) is 5.39. The predicted octanol–water partition coefficient (Wildman–Crippen LogP) is 2.56. The third-order valence-electron chi connectivity index (χ3n) is 5.16. The number of nitrogens with zero attached hydrogens (tertiary/aromatic N) is 2. The molecule has 0 bridgehead atoms. The molecule has 1 aliphatic rings. The van der Waals surface area contributed by atoms with E-state index in [0.29, 0.717) is 0 Å². The lowest BCUT2D eigenvalue weighted by molar-refractivity contribution is 0.585. The van der Waals surface area contributed by atoms with Gasteiger partial charge in [0.2, 0.25) is 0 Å². The Hall–Kier alpha value is -3.12. The predicted molar refractivity (Wildman–Crippen MR) is 114 cm³/mol. The molecule has 144 valence electrons. The number of nitrogens with one attached hydrogen (secondary N) is 3. The van der Waals surface area contributed by atoms with Crippen LogP contribution in [0.3, 0.4) is 0 Å². The first-order valence-corrected chi connectivity index (χ1v) is 9.73. The number of aryl methyl sites for hydroxylation is 2. The SMILES string of the molecule is N=C(N)c1cc(-c2ccnc(CCc3ccccc3)c2)[nH]c1N1CCNCC1. The van der Waals surface area contributed by atoms with E-state index in [1.54, 1.807) is 0 Å². The van der Waals surface area contributed by atoms with Crippen LogP contribution >= 0.6 is 0 Å². The third kappa shape index (κ3) is 4.07. The van der Waals surface area contributed by atoms with Gasteiger partial charge in [0.25, 0.3) is 0 Å². The van der Waals surface area contributed by atoms with Crippen molar-refractivity contribution in [2.24, 2.45) is 5.73 Å². The van der Waals surface area contributed by atoms with Crippen LogP contribution in [0.4, 0.5) is 5.82 Å². The monoisotopic (exact) mass is 374 g/mol. The van der Waals surface area contributed by atoms with Gasteiger partial charge < -0.3 is 20.9 Å². The number of hydrogen-bond acceptors (Lipinski definition) is 4. The summed E-state index contributed by atoms with van der Waals surface area (Å²) in [5, 5.41) is 11.3. The minimum atomic E-state index is 0.0920. The normalized spacial score (nSPS) is 14.2. The molecule has 2 aromatic heterocycles. The second kappa shape index (κ2) is 8.27. The summed E-state index contributed by atoms with van der Waals surface area (Å²) in [6.07, 6.45) is 3.71. The number of H-pyrrole nitrogens is 1. The first-order valence-electron chi connectivity index (χ1n) is 9.73. The van der Waals surface area contributed by atoms with E-state index in [2.05, 4.69) is 50.5 Å². The molecule has 3 heterocycles. The van der Waals surface area contributed by atoms with Gasteiger partial charge in [-0.2, -0.15) is 0 Å². The number of pyridine rings is 1. The average molecular weight is 374 g/mol. The maximum absolute atomic E-state index is 7.98. The molecule has 6 heteroatoms. The highest BCUT2D eigenvalue weighted by Gasteiger charge is 2.19. The number of aromatic nitrogens is 2. The molecule has 0 amide bonds. The highest BCUT2D eigenvalue weighted by atomic mass is 15.2. The number of aromatic amines is 1. The van der Waals surface area contributed by atoms with Gasteiger partial charge in [-0.05, 0) is 36.6 Å². The van der Waals surface area contributed by atoms with Crippen LogP contribution in [0.15, 0.2) is 54.7 Å². The minimum absolute atomic E-state index is 0.0920. The molecule has 3 aromatic rings. The highest BCUT2D eigenvalue weighted by molar-refractivity contribution is 6.01. The highest BCUT2D eigenvalue weighted by Crippen LogP contribution is 2.28. The first-order chi connectivity index (χ1) is 13.7. The van der Waals surface area contributed by atoms with Crippen molar-refractivity contribution in [2.75, 3.05) is 31.1 Å². The quantitative estimate of drug-likeness (QED) is 0.394. The lowest BCUT2D eigenvalue weighted by atomic mass is 10.1. The molecule has 0 atom stereocenters. The van der Waals surface area contributed by atoms with Crippen molar-refractivity contribution in [3.63, 3.8) is 0 Å². The standard InChI is InChI=1S/C22H26N6/c23-21(24)19-15-20(27-22(19)28-12-10-25-11-13-28)17-8-9-26-18(14-17)7-6-16-4-2-1-3-5-16/h1-5,8-9,14-15,25,27H,6-7,10-13H2,(H3,23,24). The summed E-state index contributed by atoms with van der Waals surface area (Å²) < 4.78 is 0. The first kappa shape index (κ1) is 18.3. The number of amidine groups is 1. The van der Waals surface area contributed by atoms with E-state index in [-0.39, 0.29) is 5.84 Å². The number of nitrogen functional groups attached to an aromatic ring is 1. The number of anilines is 1. The summed E-state index contributed by atoms with van der Waals surface area (Å²) in [4.78, 5) is 10.3. The van der Waals surface area contributed by atoms with Crippen molar-refractivity contribution in [1.29, 1.82) is 5.41 Å². The molecule has 0 radical (unpaired) electrons. The summed E-state index contributed by atoms with van der Waals surface area (Å²) >= 11 is 0. The second-order valence-electron chi connectivity index (χ2n) is 7.12. The Morgan fingerprint density at radius 1 is 1.07 bits per heavy atom. The topological polar surface area (TPSA) is 93.8 Å². The summed E-state index contributed by atoms with van der Waals surface area (Å²) in [6, 6.07) is 16.6. The van der Waals surface area contributed by atoms with Gasteiger partial charge in [0.1, 0.15) is 11.7 Å². The zero-order chi connectivity index (χ0) is 19.3. The van der Waals surface area contributed by atoms with E-state index in [9.17, 15) is 0 Å². The maximum atomic E-state index is 7.98.